The zero-order chi connectivity index (χ0) is 18.5. The van der Waals surface area contributed by atoms with E-state index in [4.69, 9.17) is 0 Å². The minimum atomic E-state index is 0.252. The highest BCUT2D eigenvalue weighted by Crippen LogP contribution is 2.11. The van der Waals surface area contributed by atoms with Crippen LogP contribution in [-0.4, -0.2) is 40.1 Å². The van der Waals surface area contributed by atoms with E-state index < -0.39 is 0 Å². The van der Waals surface area contributed by atoms with Crippen LogP contribution in [-0.2, 0) is 11.8 Å². The Bertz CT molecular complexity index is 434. The molecule has 0 aromatic carbocycles. The zero-order valence-electron chi connectivity index (χ0n) is 17.0. The Morgan fingerprint density at radius 1 is 1.17 bits per heavy atom. The molecule has 0 radical (unpaired) electrons. The smallest absolute Gasteiger partial charge is 0.149 e. The molecule has 2 rings (SSSR count). The number of ketones is 1. The molecule has 140 valence electrons. The van der Waals surface area contributed by atoms with Gasteiger partial charge in [0.15, 0.2) is 0 Å². The molecule has 0 bridgehead atoms. The summed E-state index contributed by atoms with van der Waals surface area (Å²) in [5.41, 5.74) is 1.30. The van der Waals surface area contributed by atoms with Gasteiger partial charge in [-0.15, -0.1) is 0 Å². The number of aryl methyl sites for hydroxylation is 1. The first-order valence-corrected chi connectivity index (χ1v) is 9.67. The lowest BCUT2D eigenvalue weighted by Gasteiger charge is -2.26. The summed E-state index contributed by atoms with van der Waals surface area (Å²) in [4.78, 5) is 13.9. The van der Waals surface area contributed by atoms with Crippen molar-refractivity contribution in [1.29, 1.82) is 0 Å². The second-order valence-electron chi connectivity index (χ2n) is 6.71. The molecule has 1 atom stereocenters. The number of carbonyl (C=O) groups excluding carboxylic acids is 1. The fourth-order valence-electron chi connectivity index (χ4n) is 2.46. The Balaban J connectivity index is 0.000000420. The lowest BCUT2D eigenvalue weighted by molar-refractivity contribution is -0.123. The number of rotatable bonds is 5. The number of hydrogen-bond donors (Lipinski definition) is 0. The molecule has 0 saturated carbocycles. The molecule has 1 aromatic rings. The molecule has 1 unspecified atom stereocenters. The predicted molar refractivity (Wildman–Crippen MR) is 103 cm³/mol. The second kappa shape index (κ2) is 13.2. The van der Waals surface area contributed by atoms with Gasteiger partial charge in [0.2, 0.25) is 0 Å². The Morgan fingerprint density at radius 2 is 1.75 bits per heavy atom. The third-order valence-electron chi connectivity index (χ3n) is 4.38. The number of carbonyl (C=O) groups is 1. The van der Waals surface area contributed by atoms with E-state index >= 15 is 0 Å². The van der Waals surface area contributed by atoms with Crippen LogP contribution < -0.4 is 0 Å². The Kier molecular flexibility index (Phi) is 12.5. The van der Waals surface area contributed by atoms with E-state index in [1.165, 1.54) is 24.8 Å². The normalized spacial score (nSPS) is 15.8. The lowest BCUT2D eigenvalue weighted by Crippen LogP contribution is -2.36. The molecule has 0 aliphatic carbocycles. The number of piperidine rings is 1. The Morgan fingerprint density at radius 3 is 2.12 bits per heavy atom. The van der Waals surface area contributed by atoms with Crippen LogP contribution in [0.3, 0.4) is 0 Å². The standard InChI is InChI=1S/C11H21NO.C7H12N2.C2H6/c1-3-10(2)11(13)9-12-7-5-4-6-8-12;1-6(2)7-4-8-9(3)5-7;1-2/h10H,3-9H2,1-2H3;4-6H,1-3H3;1-2H3. The molecule has 4 nitrogen and oxygen atoms in total. The van der Waals surface area contributed by atoms with E-state index in [0.717, 1.165) is 19.5 Å². The average molecular weight is 338 g/mol. The molecule has 4 heteroatoms. The van der Waals surface area contributed by atoms with Gasteiger partial charge in [0.05, 0.1) is 12.7 Å². The van der Waals surface area contributed by atoms with Gasteiger partial charge in [-0.2, -0.15) is 5.10 Å². The van der Waals surface area contributed by atoms with Crippen molar-refractivity contribution in [3.05, 3.63) is 18.0 Å². The van der Waals surface area contributed by atoms with Crippen molar-refractivity contribution >= 4 is 5.78 Å². The monoisotopic (exact) mass is 337 g/mol. The maximum absolute atomic E-state index is 11.6. The molecule has 1 fully saturated rings. The number of hydrogen-bond acceptors (Lipinski definition) is 3. The minimum absolute atomic E-state index is 0.252. The van der Waals surface area contributed by atoms with E-state index in [1.807, 2.05) is 44.9 Å². The van der Waals surface area contributed by atoms with Gasteiger partial charge in [-0.25, -0.2) is 0 Å². The van der Waals surface area contributed by atoms with Gasteiger partial charge >= 0.3 is 0 Å². The first-order chi connectivity index (χ1) is 11.4. The first-order valence-electron chi connectivity index (χ1n) is 9.67. The summed E-state index contributed by atoms with van der Waals surface area (Å²) in [5, 5.41) is 4.05. The number of nitrogens with zero attached hydrogens (tertiary/aromatic N) is 3. The molecule has 1 saturated heterocycles. The first kappa shape index (κ1) is 22.8. The summed E-state index contributed by atoms with van der Waals surface area (Å²) in [6.45, 7) is 15.4. The van der Waals surface area contributed by atoms with Gasteiger partial charge in [0, 0.05) is 19.2 Å². The maximum atomic E-state index is 11.6. The fourth-order valence-corrected chi connectivity index (χ4v) is 2.46. The second-order valence-corrected chi connectivity index (χ2v) is 6.71. The van der Waals surface area contributed by atoms with Crippen molar-refractivity contribution in [1.82, 2.24) is 14.7 Å². The molecular weight excluding hydrogens is 298 g/mol. The van der Waals surface area contributed by atoms with Crippen molar-refractivity contribution in [3.63, 3.8) is 0 Å². The van der Waals surface area contributed by atoms with Crippen molar-refractivity contribution in [3.8, 4) is 0 Å². The molecule has 24 heavy (non-hydrogen) atoms. The number of aromatic nitrogens is 2. The van der Waals surface area contributed by atoms with E-state index in [1.54, 1.807) is 0 Å². The minimum Gasteiger partial charge on any atom is -0.298 e. The molecule has 1 aromatic heterocycles. The summed E-state index contributed by atoms with van der Waals surface area (Å²) >= 11 is 0. The third kappa shape index (κ3) is 9.21. The summed E-state index contributed by atoms with van der Waals surface area (Å²) in [6.07, 6.45) is 8.82. The van der Waals surface area contributed by atoms with Crippen LogP contribution in [0.25, 0.3) is 0 Å². The van der Waals surface area contributed by atoms with Crippen molar-refractivity contribution < 1.29 is 4.79 Å². The van der Waals surface area contributed by atoms with Gasteiger partial charge in [-0.05, 0) is 43.8 Å². The zero-order valence-corrected chi connectivity index (χ0v) is 17.0. The highest BCUT2D eigenvalue weighted by Gasteiger charge is 2.16. The van der Waals surface area contributed by atoms with Gasteiger partial charge in [-0.3, -0.25) is 14.4 Å². The van der Waals surface area contributed by atoms with Crippen LogP contribution in [0.5, 0.6) is 0 Å². The van der Waals surface area contributed by atoms with Gasteiger partial charge in [-0.1, -0.05) is 48.0 Å². The summed E-state index contributed by atoms with van der Waals surface area (Å²) < 4.78 is 1.83. The fraction of sp³-hybridized carbons (Fsp3) is 0.800. The quantitative estimate of drug-likeness (QED) is 0.784. The SMILES string of the molecule is CC.CC(C)c1cnn(C)c1.CCC(C)C(=O)CN1CCCCC1. The highest BCUT2D eigenvalue weighted by molar-refractivity contribution is 5.82. The predicted octanol–water partition coefficient (Wildman–Crippen LogP) is 4.66. The van der Waals surface area contributed by atoms with E-state index in [0.29, 0.717) is 18.2 Å². The van der Waals surface area contributed by atoms with Crippen molar-refractivity contribution in [2.75, 3.05) is 19.6 Å². The van der Waals surface area contributed by atoms with Crippen LogP contribution in [0.1, 0.15) is 78.7 Å². The van der Waals surface area contributed by atoms with E-state index in [9.17, 15) is 4.79 Å². The average Bonchev–Trinajstić information content (AvgIpc) is 3.04. The summed E-state index contributed by atoms with van der Waals surface area (Å²) in [6, 6.07) is 0. The number of Topliss-reactive ketones (excluding diaryl/α,β-unsaturated/α-hetero) is 1. The number of likely N-dealkylation sites (tertiary alicyclic amines) is 1. The Hall–Kier alpha value is -1.16. The largest absolute Gasteiger partial charge is 0.298 e. The van der Waals surface area contributed by atoms with Crippen LogP contribution in [0.4, 0.5) is 0 Å². The van der Waals surface area contributed by atoms with Crippen LogP contribution in [0.15, 0.2) is 12.4 Å². The molecule has 0 amide bonds. The maximum Gasteiger partial charge on any atom is 0.149 e. The van der Waals surface area contributed by atoms with E-state index in [2.05, 4.69) is 30.8 Å². The Labute approximate surface area is 149 Å². The summed E-state index contributed by atoms with van der Waals surface area (Å²) in [5.74, 6) is 1.27. The molecular formula is C20H39N3O. The summed E-state index contributed by atoms with van der Waals surface area (Å²) in [7, 11) is 1.94. The third-order valence-corrected chi connectivity index (χ3v) is 4.38. The van der Waals surface area contributed by atoms with Crippen LogP contribution in [0.2, 0.25) is 0 Å². The van der Waals surface area contributed by atoms with Crippen LogP contribution >= 0.6 is 0 Å². The van der Waals surface area contributed by atoms with Gasteiger partial charge < -0.3 is 0 Å². The molecule has 0 N–H and O–H groups in total. The molecule has 1 aliphatic rings. The van der Waals surface area contributed by atoms with Crippen molar-refractivity contribution in [2.45, 2.75) is 73.1 Å². The van der Waals surface area contributed by atoms with Crippen LogP contribution in [0, 0.1) is 5.92 Å². The van der Waals surface area contributed by atoms with Gasteiger partial charge in [0.25, 0.3) is 0 Å². The topological polar surface area (TPSA) is 38.1 Å². The van der Waals surface area contributed by atoms with E-state index in [-0.39, 0.29) is 5.92 Å². The lowest BCUT2D eigenvalue weighted by atomic mass is 10.0. The molecule has 1 aliphatic heterocycles. The molecule has 0 spiro atoms. The molecule has 2 heterocycles. The van der Waals surface area contributed by atoms with Gasteiger partial charge in [0.1, 0.15) is 5.78 Å². The van der Waals surface area contributed by atoms with Crippen molar-refractivity contribution in [2.24, 2.45) is 13.0 Å². The highest BCUT2D eigenvalue weighted by atomic mass is 16.1.